The second kappa shape index (κ2) is 5.41. The van der Waals surface area contributed by atoms with Crippen LogP contribution in [0.1, 0.15) is 24.5 Å². The summed E-state index contributed by atoms with van der Waals surface area (Å²) in [5, 5.41) is 4.33. The van der Waals surface area contributed by atoms with Crippen LogP contribution >= 0.6 is 27.3 Å². The zero-order chi connectivity index (χ0) is 11.5. The first kappa shape index (κ1) is 13.1. The van der Waals surface area contributed by atoms with Gasteiger partial charge in [-0.3, -0.25) is 4.90 Å². The highest BCUT2D eigenvalue weighted by Gasteiger charge is 2.18. The highest BCUT2D eigenvalue weighted by molar-refractivity contribution is 9.09. The van der Waals surface area contributed by atoms with Crippen LogP contribution in [0.3, 0.4) is 0 Å². The third-order valence-corrected chi connectivity index (χ3v) is 4.50. The van der Waals surface area contributed by atoms with E-state index in [2.05, 4.69) is 59.0 Å². The molecule has 0 aliphatic rings. The van der Waals surface area contributed by atoms with Gasteiger partial charge in [0.05, 0.1) is 10.7 Å². The fourth-order valence-electron chi connectivity index (χ4n) is 1.59. The van der Waals surface area contributed by atoms with E-state index in [1.54, 1.807) is 11.3 Å². The molecule has 0 N–H and O–H groups in total. The number of rotatable bonds is 5. The molecule has 0 spiro atoms. The van der Waals surface area contributed by atoms with Crippen LogP contribution in [0.2, 0.25) is 0 Å². The molecule has 0 radical (unpaired) electrons. The summed E-state index contributed by atoms with van der Waals surface area (Å²) in [7, 11) is 2.15. The van der Waals surface area contributed by atoms with Gasteiger partial charge in [0.1, 0.15) is 0 Å². The van der Waals surface area contributed by atoms with E-state index in [-0.39, 0.29) is 0 Å². The summed E-state index contributed by atoms with van der Waals surface area (Å²) in [6, 6.07) is 0. The van der Waals surface area contributed by atoms with Gasteiger partial charge in [0.2, 0.25) is 0 Å². The summed E-state index contributed by atoms with van der Waals surface area (Å²) < 4.78 is 0. The lowest BCUT2D eigenvalue weighted by molar-refractivity contribution is 0.224. The number of nitrogens with zero attached hydrogens (tertiary/aromatic N) is 2. The molecule has 4 heteroatoms. The smallest absolute Gasteiger partial charge is 0.0897 e. The number of halogens is 1. The molecule has 0 saturated carbocycles. The molecule has 1 aromatic heterocycles. The number of hydrogen-bond donors (Lipinski definition) is 0. The highest BCUT2D eigenvalue weighted by Crippen LogP contribution is 2.20. The molecule has 0 aliphatic carbocycles. The van der Waals surface area contributed by atoms with Crippen molar-refractivity contribution in [3.05, 3.63) is 16.1 Å². The van der Waals surface area contributed by atoms with Crippen LogP contribution in [-0.4, -0.2) is 28.8 Å². The molecule has 0 saturated heterocycles. The van der Waals surface area contributed by atoms with E-state index in [0.29, 0.717) is 5.41 Å². The first-order valence-electron chi connectivity index (χ1n) is 5.08. The Morgan fingerprint density at radius 2 is 2.20 bits per heavy atom. The van der Waals surface area contributed by atoms with Crippen LogP contribution in [0.4, 0.5) is 0 Å². The van der Waals surface area contributed by atoms with E-state index in [0.717, 1.165) is 23.4 Å². The van der Waals surface area contributed by atoms with Crippen molar-refractivity contribution in [1.82, 2.24) is 9.88 Å². The number of thiazole rings is 1. The standard InChI is InChI=1S/C11H19BrN2S/c1-9-13-10(6-15-9)5-14(4)8-11(2,3)7-12/h6H,5,7-8H2,1-4H3. The normalized spacial score (nSPS) is 12.4. The molecule has 1 rings (SSSR count). The molecule has 0 bridgehead atoms. The zero-order valence-corrected chi connectivity index (χ0v) is 12.3. The van der Waals surface area contributed by atoms with Crippen LogP contribution in [0.15, 0.2) is 5.38 Å². The van der Waals surface area contributed by atoms with Gasteiger partial charge in [0.15, 0.2) is 0 Å². The highest BCUT2D eigenvalue weighted by atomic mass is 79.9. The van der Waals surface area contributed by atoms with Gasteiger partial charge in [-0.25, -0.2) is 4.98 Å². The van der Waals surface area contributed by atoms with E-state index in [4.69, 9.17) is 0 Å². The molecule has 0 atom stereocenters. The van der Waals surface area contributed by atoms with Crippen LogP contribution in [0, 0.1) is 12.3 Å². The maximum atomic E-state index is 4.47. The third-order valence-electron chi connectivity index (χ3n) is 2.16. The maximum absolute atomic E-state index is 4.47. The Balaban J connectivity index is 2.46. The van der Waals surface area contributed by atoms with Gasteiger partial charge < -0.3 is 0 Å². The average Bonchev–Trinajstić information content (AvgIpc) is 2.50. The van der Waals surface area contributed by atoms with Crippen LogP contribution in [0.5, 0.6) is 0 Å². The topological polar surface area (TPSA) is 16.1 Å². The molecular formula is C11H19BrN2S. The van der Waals surface area contributed by atoms with Crippen LogP contribution in [-0.2, 0) is 6.54 Å². The van der Waals surface area contributed by atoms with Crippen molar-refractivity contribution in [3.8, 4) is 0 Å². The van der Waals surface area contributed by atoms with Gasteiger partial charge in [0, 0.05) is 23.8 Å². The molecule has 86 valence electrons. The van der Waals surface area contributed by atoms with Crippen molar-refractivity contribution in [2.45, 2.75) is 27.3 Å². The lowest BCUT2D eigenvalue weighted by Gasteiger charge is -2.27. The Kier molecular flexibility index (Phi) is 4.74. The molecule has 0 unspecified atom stereocenters. The van der Waals surface area contributed by atoms with Gasteiger partial charge in [-0.05, 0) is 19.4 Å². The monoisotopic (exact) mass is 290 g/mol. The summed E-state index contributed by atoms with van der Waals surface area (Å²) in [6.45, 7) is 8.61. The minimum Gasteiger partial charge on any atom is -0.300 e. The van der Waals surface area contributed by atoms with Crippen molar-refractivity contribution in [2.24, 2.45) is 5.41 Å². The Bertz CT molecular complexity index is 309. The first-order valence-corrected chi connectivity index (χ1v) is 7.08. The van der Waals surface area contributed by atoms with E-state index in [1.807, 2.05) is 0 Å². The van der Waals surface area contributed by atoms with Gasteiger partial charge >= 0.3 is 0 Å². The van der Waals surface area contributed by atoms with E-state index < -0.39 is 0 Å². The van der Waals surface area contributed by atoms with E-state index in [9.17, 15) is 0 Å². The van der Waals surface area contributed by atoms with Gasteiger partial charge in [-0.15, -0.1) is 11.3 Å². The summed E-state index contributed by atoms with van der Waals surface area (Å²) in [5.74, 6) is 0. The predicted molar refractivity (Wildman–Crippen MR) is 70.8 cm³/mol. The second-order valence-electron chi connectivity index (χ2n) is 4.83. The minimum atomic E-state index is 0.319. The summed E-state index contributed by atoms with van der Waals surface area (Å²) >= 11 is 5.27. The third kappa shape index (κ3) is 4.62. The first-order chi connectivity index (χ1) is 6.93. The molecule has 0 aromatic carbocycles. The Morgan fingerprint density at radius 3 is 2.67 bits per heavy atom. The molecule has 15 heavy (non-hydrogen) atoms. The largest absolute Gasteiger partial charge is 0.300 e. The average molecular weight is 291 g/mol. The maximum Gasteiger partial charge on any atom is 0.0897 e. The summed E-state index contributed by atoms with van der Waals surface area (Å²) in [5.41, 5.74) is 1.50. The second-order valence-corrected chi connectivity index (χ2v) is 6.45. The lowest BCUT2D eigenvalue weighted by Crippen LogP contribution is -2.32. The van der Waals surface area contributed by atoms with Crippen molar-refractivity contribution in [3.63, 3.8) is 0 Å². The molecule has 1 heterocycles. The Morgan fingerprint density at radius 1 is 1.53 bits per heavy atom. The molecule has 0 amide bonds. The Labute approximate surface area is 105 Å². The fourth-order valence-corrected chi connectivity index (χ4v) is 2.37. The number of hydrogen-bond acceptors (Lipinski definition) is 3. The zero-order valence-electron chi connectivity index (χ0n) is 9.88. The van der Waals surface area contributed by atoms with E-state index in [1.165, 1.54) is 5.69 Å². The molecular weight excluding hydrogens is 272 g/mol. The number of aromatic nitrogens is 1. The minimum absolute atomic E-state index is 0.319. The summed E-state index contributed by atoms with van der Waals surface area (Å²) in [6.07, 6.45) is 0. The van der Waals surface area contributed by atoms with Gasteiger partial charge in [0.25, 0.3) is 0 Å². The van der Waals surface area contributed by atoms with Crippen molar-refractivity contribution < 1.29 is 0 Å². The quantitative estimate of drug-likeness (QED) is 0.774. The molecule has 0 fully saturated rings. The van der Waals surface area contributed by atoms with Crippen molar-refractivity contribution >= 4 is 27.3 Å². The molecule has 0 aliphatic heterocycles. The van der Waals surface area contributed by atoms with E-state index >= 15 is 0 Å². The van der Waals surface area contributed by atoms with Crippen LogP contribution in [0.25, 0.3) is 0 Å². The predicted octanol–water partition coefficient (Wildman–Crippen LogP) is 3.30. The van der Waals surface area contributed by atoms with Crippen LogP contribution < -0.4 is 0 Å². The lowest BCUT2D eigenvalue weighted by atomic mass is 9.96. The fraction of sp³-hybridized carbons (Fsp3) is 0.727. The Hall–Kier alpha value is 0.0700. The number of alkyl halides is 1. The van der Waals surface area contributed by atoms with Crippen molar-refractivity contribution in [1.29, 1.82) is 0 Å². The van der Waals surface area contributed by atoms with Gasteiger partial charge in [-0.2, -0.15) is 0 Å². The molecule has 1 aromatic rings. The SMILES string of the molecule is Cc1nc(CN(C)CC(C)(C)CBr)cs1. The molecule has 2 nitrogen and oxygen atoms in total. The van der Waals surface area contributed by atoms with Gasteiger partial charge in [-0.1, -0.05) is 29.8 Å². The van der Waals surface area contributed by atoms with Crippen molar-refractivity contribution in [2.75, 3.05) is 18.9 Å². The number of aryl methyl sites for hydroxylation is 1. The summed E-state index contributed by atoms with van der Waals surface area (Å²) in [4.78, 5) is 6.80.